The van der Waals surface area contributed by atoms with Crippen LogP contribution in [0.3, 0.4) is 0 Å². The van der Waals surface area contributed by atoms with Crippen molar-refractivity contribution in [1.29, 1.82) is 0 Å². The minimum absolute atomic E-state index is 0.563. The average molecular weight is 357 g/mol. The first kappa shape index (κ1) is 21.5. The number of urea groups is 1. The van der Waals surface area contributed by atoms with Crippen LogP contribution in [0.4, 0.5) is 4.79 Å². The van der Waals surface area contributed by atoms with Crippen LogP contribution in [0, 0.1) is 0 Å². The van der Waals surface area contributed by atoms with Gasteiger partial charge in [0.15, 0.2) is 0 Å². The highest BCUT2D eigenvalue weighted by molar-refractivity contribution is 6.64. The van der Waals surface area contributed by atoms with Crippen molar-refractivity contribution in [2.24, 2.45) is 5.73 Å². The van der Waals surface area contributed by atoms with Gasteiger partial charge in [0.2, 0.25) is 0 Å². The van der Waals surface area contributed by atoms with E-state index in [0.29, 0.717) is 0 Å². The molecule has 0 saturated heterocycles. The van der Waals surface area contributed by atoms with Gasteiger partial charge >= 0.3 is 23.6 Å². The molecule has 9 nitrogen and oxygen atoms in total. The van der Waals surface area contributed by atoms with E-state index in [1.54, 1.807) is 13.8 Å². The van der Waals surface area contributed by atoms with Gasteiger partial charge in [-0.2, -0.15) is 0 Å². The van der Waals surface area contributed by atoms with Crippen molar-refractivity contribution in [3.05, 3.63) is 0 Å². The molecule has 0 aliphatic carbocycles. The van der Waals surface area contributed by atoms with Crippen molar-refractivity contribution in [1.82, 2.24) is 4.90 Å². The predicted octanol–water partition coefficient (Wildman–Crippen LogP) is -0.0213. The lowest BCUT2D eigenvalue weighted by Gasteiger charge is -2.43. The Balaban J connectivity index is 5.78. The molecule has 0 aromatic heterocycles. The topological polar surface area (TPSA) is 102 Å². The van der Waals surface area contributed by atoms with Gasteiger partial charge in [0, 0.05) is 42.7 Å². The fourth-order valence-corrected chi connectivity index (χ4v) is 7.16. The van der Waals surface area contributed by atoms with Crippen LogP contribution in [0.15, 0.2) is 0 Å². The number of rotatable bonds is 10. The van der Waals surface area contributed by atoms with Gasteiger partial charge in [-0.3, -0.25) is 0 Å². The molecule has 0 aromatic rings. The summed E-state index contributed by atoms with van der Waals surface area (Å²) in [7, 11) is 2.50. The molecule has 0 radical (unpaired) electrons. The highest BCUT2D eigenvalue weighted by Crippen LogP contribution is 2.25. The summed E-state index contributed by atoms with van der Waals surface area (Å²) in [6.45, 7) is 3.48. The molecule has 2 atom stereocenters. The molecule has 22 heavy (non-hydrogen) atoms. The SMILES string of the molecule is CO[Si](OC)(OC)C(C)N(C(N)=O)C(C)[Si](OC)(OC)OC. The number of carbonyl (C=O) groups excluding carboxylic acids is 1. The van der Waals surface area contributed by atoms with Crippen molar-refractivity contribution in [3.8, 4) is 0 Å². The van der Waals surface area contributed by atoms with Crippen molar-refractivity contribution >= 4 is 23.6 Å². The van der Waals surface area contributed by atoms with Gasteiger partial charge in [0.05, 0.1) is 0 Å². The molecular weight excluding hydrogens is 328 g/mol. The molecule has 11 heteroatoms. The third-order valence-electron chi connectivity index (χ3n) is 3.82. The Morgan fingerprint density at radius 3 is 1.14 bits per heavy atom. The van der Waals surface area contributed by atoms with Gasteiger partial charge in [0.1, 0.15) is 11.3 Å². The van der Waals surface area contributed by atoms with Gasteiger partial charge in [-0.1, -0.05) is 0 Å². The Kier molecular flexibility index (Phi) is 8.71. The maximum absolute atomic E-state index is 12.0. The molecule has 0 saturated carbocycles. The molecule has 132 valence electrons. The minimum atomic E-state index is -3.15. The van der Waals surface area contributed by atoms with E-state index in [-0.39, 0.29) is 0 Å². The summed E-state index contributed by atoms with van der Waals surface area (Å²) < 4.78 is 32.6. The van der Waals surface area contributed by atoms with E-state index in [0.717, 1.165) is 0 Å². The van der Waals surface area contributed by atoms with Crippen LogP contribution in [0.5, 0.6) is 0 Å². The van der Waals surface area contributed by atoms with Gasteiger partial charge in [-0.05, 0) is 13.8 Å². The van der Waals surface area contributed by atoms with Crippen LogP contribution in [0.25, 0.3) is 0 Å². The van der Waals surface area contributed by atoms with Crippen LogP contribution >= 0.6 is 0 Å². The van der Waals surface area contributed by atoms with E-state index in [1.165, 1.54) is 47.6 Å². The molecule has 0 aliphatic heterocycles. The maximum atomic E-state index is 12.0. The first-order valence-electron chi connectivity index (χ1n) is 6.64. The van der Waals surface area contributed by atoms with Crippen molar-refractivity contribution < 1.29 is 31.4 Å². The van der Waals surface area contributed by atoms with E-state index >= 15 is 0 Å². The number of primary amides is 1. The Hall–Kier alpha value is -0.536. The fraction of sp³-hybridized carbons (Fsp3) is 0.909. The molecule has 2 N–H and O–H groups in total. The van der Waals surface area contributed by atoms with E-state index in [9.17, 15) is 4.79 Å². The number of amides is 2. The summed E-state index contributed by atoms with van der Waals surface area (Å²) in [5, 5.41) is 0. The second kappa shape index (κ2) is 8.93. The summed E-state index contributed by atoms with van der Waals surface area (Å²) >= 11 is 0. The molecule has 2 amide bonds. The molecule has 0 fully saturated rings. The molecule has 0 rings (SSSR count). The number of nitrogens with zero attached hydrogens (tertiary/aromatic N) is 1. The Bertz CT molecular complexity index is 311. The summed E-state index contributed by atoms with van der Waals surface area (Å²) in [6, 6.07) is -0.675. The Morgan fingerprint density at radius 1 is 0.773 bits per heavy atom. The molecule has 0 bridgehead atoms. The number of hydrogen-bond donors (Lipinski definition) is 1. The van der Waals surface area contributed by atoms with Crippen molar-refractivity contribution in [2.45, 2.75) is 25.2 Å². The van der Waals surface area contributed by atoms with Gasteiger partial charge in [0.25, 0.3) is 0 Å². The summed E-state index contributed by atoms with van der Waals surface area (Å²) in [5.41, 5.74) is 4.43. The number of carbonyl (C=O) groups is 1. The second-order valence-electron chi connectivity index (χ2n) is 4.53. The Labute approximate surface area is 134 Å². The summed E-state index contributed by atoms with van der Waals surface area (Å²) in [6.07, 6.45) is 0. The zero-order valence-electron chi connectivity index (χ0n) is 14.5. The smallest absolute Gasteiger partial charge is 0.376 e. The van der Waals surface area contributed by atoms with Gasteiger partial charge in [-0.25, -0.2) is 4.79 Å². The monoisotopic (exact) mass is 356 g/mol. The molecule has 0 heterocycles. The van der Waals surface area contributed by atoms with Crippen LogP contribution in [0.1, 0.15) is 13.8 Å². The standard InChI is InChI=1S/C11H28N2O7Si2/c1-9(21(15-3,16-4)17-5)13(11(12)14)10(2)22(18-6,19-7)20-8/h9-10H,1-8H3,(H2,12,14). The highest BCUT2D eigenvalue weighted by Gasteiger charge is 2.56. The lowest BCUT2D eigenvalue weighted by Crippen LogP contribution is -2.70. The largest absolute Gasteiger partial charge is 0.523 e. The van der Waals surface area contributed by atoms with E-state index in [1.807, 2.05) is 0 Å². The van der Waals surface area contributed by atoms with E-state index < -0.39 is 35.0 Å². The first-order chi connectivity index (χ1) is 10.3. The number of nitrogens with two attached hydrogens (primary N) is 1. The molecule has 0 aliphatic rings. The fourth-order valence-electron chi connectivity index (χ4n) is 2.58. The highest BCUT2D eigenvalue weighted by atomic mass is 28.4. The lowest BCUT2D eigenvalue weighted by molar-refractivity contribution is 0.0581. The normalized spacial score (nSPS) is 15.5. The summed E-state index contributed by atoms with van der Waals surface area (Å²) in [4.78, 5) is 13.4. The minimum Gasteiger partial charge on any atom is -0.376 e. The van der Waals surface area contributed by atoms with Crippen LogP contribution in [-0.4, -0.2) is 82.5 Å². The zero-order chi connectivity index (χ0) is 17.6. The van der Waals surface area contributed by atoms with Crippen molar-refractivity contribution in [3.63, 3.8) is 0 Å². The third-order valence-corrected chi connectivity index (χ3v) is 9.84. The summed E-state index contributed by atoms with van der Waals surface area (Å²) in [5.74, 6) is 0. The molecule has 2 unspecified atom stereocenters. The van der Waals surface area contributed by atoms with Gasteiger partial charge < -0.3 is 37.2 Å². The predicted molar refractivity (Wildman–Crippen MR) is 83.9 cm³/mol. The van der Waals surface area contributed by atoms with Gasteiger partial charge in [-0.15, -0.1) is 0 Å². The van der Waals surface area contributed by atoms with E-state index in [4.69, 9.17) is 32.3 Å². The van der Waals surface area contributed by atoms with Crippen LogP contribution in [0.2, 0.25) is 0 Å². The lowest BCUT2D eigenvalue weighted by atomic mass is 10.5. The molecule has 0 spiro atoms. The second-order valence-corrected chi connectivity index (χ2v) is 11.1. The maximum Gasteiger partial charge on any atom is 0.523 e. The average Bonchev–Trinajstić information content (AvgIpc) is 2.52. The molecule has 0 aromatic carbocycles. The third kappa shape index (κ3) is 3.86. The first-order valence-corrected chi connectivity index (χ1v) is 10.2. The van der Waals surface area contributed by atoms with Crippen molar-refractivity contribution in [2.75, 3.05) is 42.7 Å². The molecular formula is C11H28N2O7Si2. The van der Waals surface area contributed by atoms with E-state index in [2.05, 4.69) is 0 Å². The zero-order valence-corrected chi connectivity index (χ0v) is 16.5. The van der Waals surface area contributed by atoms with Crippen LogP contribution < -0.4 is 5.73 Å². The Morgan fingerprint density at radius 2 is 1.00 bits per heavy atom. The van der Waals surface area contributed by atoms with Crippen LogP contribution in [-0.2, 0) is 26.6 Å². The quantitative estimate of drug-likeness (QED) is 0.549. The number of hydrogen-bond acceptors (Lipinski definition) is 7.